The molecule has 0 radical (unpaired) electrons. The lowest BCUT2D eigenvalue weighted by atomic mass is 9.70. The summed E-state index contributed by atoms with van der Waals surface area (Å²) >= 11 is 0. The molecular weight excluding hydrogens is 318 g/mol. The standard InChI is InChI=1S/C24H35NO/c1-5-18-8-7-9-21-20(10-11-26-23(18)21)17(4)25-22-15-24(6-2)13-16(3)12-19(22)14-24/h7-9,16,19-20,22,25H,4-6,10-15H2,1-3H3. The molecule has 2 aliphatic carbocycles. The first-order valence-electron chi connectivity index (χ1n) is 10.7. The number of fused-ring (bicyclic) bond motifs is 3. The van der Waals surface area contributed by atoms with Crippen LogP contribution in [0, 0.1) is 17.3 Å². The van der Waals surface area contributed by atoms with Crippen LogP contribution in [0.4, 0.5) is 0 Å². The third kappa shape index (κ3) is 3.06. The molecule has 1 aromatic carbocycles. The van der Waals surface area contributed by atoms with E-state index in [2.05, 4.69) is 50.9 Å². The van der Waals surface area contributed by atoms with Gasteiger partial charge in [0.25, 0.3) is 0 Å². The Morgan fingerprint density at radius 1 is 1.27 bits per heavy atom. The van der Waals surface area contributed by atoms with Crippen LogP contribution in [0.2, 0.25) is 0 Å². The topological polar surface area (TPSA) is 21.3 Å². The fourth-order valence-corrected chi connectivity index (χ4v) is 6.24. The van der Waals surface area contributed by atoms with E-state index < -0.39 is 0 Å². The molecule has 0 aromatic heterocycles. The number of aryl methyl sites for hydroxylation is 1. The second-order valence-corrected chi connectivity index (χ2v) is 9.22. The lowest BCUT2D eigenvalue weighted by molar-refractivity contribution is 0.156. The predicted molar refractivity (Wildman–Crippen MR) is 109 cm³/mol. The Kier molecular flexibility index (Phi) is 4.79. The molecule has 2 heteroatoms. The molecule has 1 heterocycles. The van der Waals surface area contributed by atoms with Crippen molar-refractivity contribution in [3.05, 3.63) is 41.6 Å². The van der Waals surface area contributed by atoms with Crippen LogP contribution in [0.15, 0.2) is 30.5 Å². The van der Waals surface area contributed by atoms with Crippen LogP contribution in [0.25, 0.3) is 0 Å². The molecule has 5 unspecified atom stereocenters. The minimum Gasteiger partial charge on any atom is -0.493 e. The van der Waals surface area contributed by atoms with Crippen LogP contribution in [0.1, 0.15) is 76.3 Å². The molecule has 2 nitrogen and oxygen atoms in total. The van der Waals surface area contributed by atoms with E-state index in [0.717, 1.165) is 37.0 Å². The fourth-order valence-electron chi connectivity index (χ4n) is 6.24. The minimum atomic E-state index is 0.390. The maximum absolute atomic E-state index is 6.04. The summed E-state index contributed by atoms with van der Waals surface area (Å²) in [5.74, 6) is 3.22. The van der Waals surface area contributed by atoms with Gasteiger partial charge in [0.15, 0.2) is 0 Å². The number of para-hydroxylation sites is 1. The van der Waals surface area contributed by atoms with Gasteiger partial charge in [0.1, 0.15) is 5.75 Å². The molecule has 4 rings (SSSR count). The summed E-state index contributed by atoms with van der Waals surface area (Å²) < 4.78 is 6.04. The van der Waals surface area contributed by atoms with Gasteiger partial charge in [-0.1, -0.05) is 52.0 Å². The molecule has 26 heavy (non-hydrogen) atoms. The van der Waals surface area contributed by atoms with Gasteiger partial charge >= 0.3 is 0 Å². The SMILES string of the molecule is C=C(NC1CC2(CC)CC(C)CC1C2)C1CCOc2c(CC)cccc21. The van der Waals surface area contributed by atoms with Gasteiger partial charge < -0.3 is 10.1 Å². The number of rotatable bonds is 5. The van der Waals surface area contributed by atoms with Crippen LogP contribution in [-0.4, -0.2) is 12.6 Å². The lowest BCUT2D eigenvalue weighted by Gasteiger charge is -2.35. The Hall–Kier alpha value is -1.44. The monoisotopic (exact) mass is 353 g/mol. The third-order valence-electron chi connectivity index (χ3n) is 7.48. The number of ether oxygens (including phenoxy) is 1. The van der Waals surface area contributed by atoms with Crippen molar-refractivity contribution in [1.82, 2.24) is 5.32 Å². The van der Waals surface area contributed by atoms with Gasteiger partial charge in [-0.3, -0.25) is 0 Å². The van der Waals surface area contributed by atoms with Gasteiger partial charge in [-0.15, -0.1) is 0 Å². The smallest absolute Gasteiger partial charge is 0.126 e. The third-order valence-corrected chi connectivity index (χ3v) is 7.48. The van der Waals surface area contributed by atoms with Crippen molar-refractivity contribution in [3.8, 4) is 5.75 Å². The molecule has 5 atom stereocenters. The summed E-state index contributed by atoms with van der Waals surface area (Å²) in [6.07, 6.45) is 8.96. The largest absolute Gasteiger partial charge is 0.493 e. The second kappa shape index (κ2) is 6.94. The molecule has 0 spiro atoms. The van der Waals surface area contributed by atoms with E-state index >= 15 is 0 Å². The summed E-state index contributed by atoms with van der Waals surface area (Å²) in [6.45, 7) is 12.4. The van der Waals surface area contributed by atoms with Gasteiger partial charge in [0.2, 0.25) is 0 Å². The minimum absolute atomic E-state index is 0.390. The molecule has 0 saturated heterocycles. The Morgan fingerprint density at radius 2 is 2.12 bits per heavy atom. The summed E-state index contributed by atoms with van der Waals surface area (Å²) in [7, 11) is 0. The average Bonchev–Trinajstić information content (AvgIpc) is 2.91. The highest BCUT2D eigenvalue weighted by atomic mass is 16.5. The molecule has 2 bridgehead atoms. The van der Waals surface area contributed by atoms with Crippen LogP contribution in [0.3, 0.4) is 0 Å². The predicted octanol–water partition coefficient (Wildman–Crippen LogP) is 5.82. The van der Waals surface area contributed by atoms with Gasteiger partial charge in [0, 0.05) is 23.2 Å². The van der Waals surface area contributed by atoms with Crippen molar-refractivity contribution < 1.29 is 4.74 Å². The van der Waals surface area contributed by atoms with E-state index in [-0.39, 0.29) is 0 Å². The number of hydrogen-bond acceptors (Lipinski definition) is 2. The van der Waals surface area contributed by atoms with Gasteiger partial charge in [-0.2, -0.15) is 0 Å². The van der Waals surface area contributed by atoms with Crippen molar-refractivity contribution in [2.45, 2.75) is 77.7 Å². The molecule has 0 amide bonds. The van der Waals surface area contributed by atoms with E-state index in [9.17, 15) is 0 Å². The number of allylic oxidation sites excluding steroid dienone is 1. The van der Waals surface area contributed by atoms with Crippen LogP contribution >= 0.6 is 0 Å². The van der Waals surface area contributed by atoms with E-state index in [4.69, 9.17) is 4.74 Å². The highest BCUT2D eigenvalue weighted by Crippen LogP contribution is 2.55. The zero-order valence-corrected chi connectivity index (χ0v) is 16.8. The van der Waals surface area contributed by atoms with E-state index in [1.54, 1.807) is 0 Å². The molecule has 3 aliphatic rings. The molecule has 1 aromatic rings. The quantitative estimate of drug-likeness (QED) is 0.720. The van der Waals surface area contributed by atoms with E-state index in [1.165, 1.54) is 48.9 Å². The van der Waals surface area contributed by atoms with Crippen molar-refractivity contribution in [2.75, 3.05) is 6.61 Å². The maximum atomic E-state index is 6.04. The Labute approximate surface area is 159 Å². The molecule has 1 aliphatic heterocycles. The molecule has 2 fully saturated rings. The normalized spacial score (nSPS) is 35.5. The first kappa shape index (κ1) is 17.9. The maximum Gasteiger partial charge on any atom is 0.126 e. The first-order chi connectivity index (χ1) is 12.5. The number of nitrogens with one attached hydrogen (secondary N) is 1. The lowest BCUT2D eigenvalue weighted by Crippen LogP contribution is -2.35. The molecule has 2 saturated carbocycles. The average molecular weight is 354 g/mol. The Bertz CT molecular complexity index is 681. The summed E-state index contributed by atoms with van der Waals surface area (Å²) in [4.78, 5) is 0. The zero-order chi connectivity index (χ0) is 18.3. The molecular formula is C24H35NO. The highest BCUT2D eigenvalue weighted by molar-refractivity contribution is 5.47. The van der Waals surface area contributed by atoms with Crippen molar-refractivity contribution in [1.29, 1.82) is 0 Å². The van der Waals surface area contributed by atoms with Gasteiger partial charge in [-0.05, 0) is 61.3 Å². The molecule has 142 valence electrons. The van der Waals surface area contributed by atoms with Gasteiger partial charge in [-0.25, -0.2) is 0 Å². The van der Waals surface area contributed by atoms with Crippen LogP contribution in [0.5, 0.6) is 5.75 Å². The first-order valence-corrected chi connectivity index (χ1v) is 10.7. The second-order valence-electron chi connectivity index (χ2n) is 9.22. The van der Waals surface area contributed by atoms with Crippen molar-refractivity contribution >= 4 is 0 Å². The Balaban J connectivity index is 1.52. The number of hydrogen-bond donors (Lipinski definition) is 1. The Morgan fingerprint density at radius 3 is 2.88 bits per heavy atom. The summed E-state index contributed by atoms with van der Waals surface area (Å²) in [6, 6.07) is 7.24. The zero-order valence-electron chi connectivity index (χ0n) is 16.8. The highest BCUT2D eigenvalue weighted by Gasteiger charge is 2.48. The number of benzene rings is 1. The van der Waals surface area contributed by atoms with Crippen molar-refractivity contribution in [3.63, 3.8) is 0 Å². The van der Waals surface area contributed by atoms with Crippen molar-refractivity contribution in [2.24, 2.45) is 17.3 Å². The van der Waals surface area contributed by atoms with Crippen LogP contribution in [-0.2, 0) is 6.42 Å². The fraction of sp³-hybridized carbons (Fsp3) is 0.667. The van der Waals surface area contributed by atoms with Gasteiger partial charge in [0.05, 0.1) is 6.61 Å². The van der Waals surface area contributed by atoms with E-state index in [1.807, 2.05) is 0 Å². The van der Waals surface area contributed by atoms with Crippen LogP contribution < -0.4 is 10.1 Å². The summed E-state index contributed by atoms with van der Waals surface area (Å²) in [5.41, 5.74) is 4.48. The molecule has 1 N–H and O–H groups in total. The summed E-state index contributed by atoms with van der Waals surface area (Å²) in [5, 5.41) is 3.93. The van der Waals surface area contributed by atoms with E-state index in [0.29, 0.717) is 17.4 Å².